The maximum absolute atomic E-state index is 11.1. The fourth-order valence-corrected chi connectivity index (χ4v) is 4.66. The van der Waals surface area contributed by atoms with E-state index in [4.69, 9.17) is 14.9 Å². The summed E-state index contributed by atoms with van der Waals surface area (Å²) in [6, 6.07) is 12.4. The lowest BCUT2D eigenvalue weighted by molar-refractivity contribution is -0.137. The molecule has 135 valence electrons. The molecule has 0 bridgehead atoms. The maximum atomic E-state index is 11.1. The molecule has 9 heteroatoms. The number of carboxylic acid groups (broad SMARTS) is 1. The second kappa shape index (κ2) is 7.71. The Morgan fingerprint density at radius 1 is 1.26 bits per heavy atom. The zero-order chi connectivity index (χ0) is 18.8. The molecule has 6 nitrogen and oxygen atoms in total. The Balaban J connectivity index is 1.49. The summed E-state index contributed by atoms with van der Waals surface area (Å²) in [5.74, 6) is 0.279. The zero-order valence-electron chi connectivity index (χ0n) is 14.0. The number of thiazole rings is 1. The molecule has 0 saturated heterocycles. The van der Waals surface area contributed by atoms with Crippen LogP contribution in [0.5, 0.6) is 5.75 Å². The van der Waals surface area contributed by atoms with Gasteiger partial charge in [0.2, 0.25) is 0 Å². The summed E-state index contributed by atoms with van der Waals surface area (Å²) in [6.07, 6.45) is 0. The average molecular weight is 397 g/mol. The Hall–Kier alpha value is -2.36. The van der Waals surface area contributed by atoms with Crippen molar-refractivity contribution in [3.05, 3.63) is 53.0 Å². The number of aromatic nitrogens is 1. The van der Waals surface area contributed by atoms with E-state index in [1.807, 2.05) is 42.5 Å². The van der Waals surface area contributed by atoms with Crippen LogP contribution >= 0.6 is 23.1 Å². The van der Waals surface area contributed by atoms with Crippen LogP contribution in [0, 0.1) is 0 Å². The molecule has 0 aliphatic carbocycles. The third-order valence-electron chi connectivity index (χ3n) is 4.01. The van der Waals surface area contributed by atoms with E-state index in [1.165, 1.54) is 23.1 Å². The molecule has 0 fully saturated rings. The first-order valence-corrected chi connectivity index (χ1v) is 9.96. The van der Waals surface area contributed by atoms with Gasteiger partial charge in [0, 0.05) is 5.75 Å². The molecule has 0 amide bonds. The molecule has 1 radical (unpaired) electrons. The van der Waals surface area contributed by atoms with Crippen LogP contribution in [0.4, 0.5) is 0 Å². The Labute approximate surface area is 164 Å². The average Bonchev–Trinajstić information content (AvgIpc) is 3.33. The van der Waals surface area contributed by atoms with E-state index in [9.17, 15) is 4.79 Å². The Morgan fingerprint density at radius 3 is 2.78 bits per heavy atom. The van der Waals surface area contributed by atoms with Crippen LogP contribution in [0.15, 0.2) is 47.5 Å². The van der Waals surface area contributed by atoms with E-state index in [0.29, 0.717) is 17.4 Å². The van der Waals surface area contributed by atoms with Gasteiger partial charge in [-0.3, -0.25) is 4.99 Å². The Bertz CT molecular complexity index is 1020. The minimum atomic E-state index is -0.904. The topological polar surface area (TPSA) is 92.0 Å². The molecule has 27 heavy (non-hydrogen) atoms. The van der Waals surface area contributed by atoms with E-state index < -0.39 is 12.0 Å². The quantitative estimate of drug-likeness (QED) is 0.619. The molecule has 3 aromatic rings. The fraction of sp³-hybridized carbons (Fsp3) is 0.167. The van der Waals surface area contributed by atoms with Gasteiger partial charge in [-0.25, -0.2) is 9.78 Å². The first-order chi connectivity index (χ1) is 13.1. The van der Waals surface area contributed by atoms with Crippen LogP contribution in [-0.2, 0) is 11.4 Å². The lowest BCUT2D eigenvalue weighted by atomic mass is 9.88. The van der Waals surface area contributed by atoms with Crippen LogP contribution in [0.3, 0.4) is 0 Å². The first-order valence-electron chi connectivity index (χ1n) is 8.16. The van der Waals surface area contributed by atoms with Gasteiger partial charge in [-0.15, -0.1) is 23.1 Å². The van der Waals surface area contributed by atoms with Crippen molar-refractivity contribution in [1.29, 1.82) is 0 Å². The number of hydrogen-bond acceptors (Lipinski definition) is 7. The van der Waals surface area contributed by atoms with Gasteiger partial charge in [-0.1, -0.05) is 29.7 Å². The predicted molar refractivity (Wildman–Crippen MR) is 108 cm³/mol. The minimum absolute atomic E-state index is 0.422. The number of aliphatic imine (C=N–C) groups is 1. The summed E-state index contributed by atoms with van der Waals surface area (Å²) in [6.45, 7) is 0.422. The van der Waals surface area contributed by atoms with Crippen molar-refractivity contribution in [3.8, 4) is 5.75 Å². The molecular formula is C18H14BN2O4S2. The monoisotopic (exact) mass is 397 g/mol. The number of carbonyl (C=O) groups is 1. The standard InChI is InChI=1S/C18H14BN2O4S2/c22-18(23)14-9-26-16(21-14)17-20-13-6-5-12(7-15(13)27-17)25-8-10-1-3-11(19-24)4-2-10/h1-7,14,24H,8-9H2,(H,22,23). The summed E-state index contributed by atoms with van der Waals surface area (Å²) < 4.78 is 6.82. The summed E-state index contributed by atoms with van der Waals surface area (Å²) >= 11 is 2.91. The van der Waals surface area contributed by atoms with Gasteiger partial charge in [0.1, 0.15) is 22.4 Å². The minimum Gasteiger partial charge on any atom is -0.489 e. The SMILES string of the molecule is O=C(O)C1CSC(c2nc3ccc(OCc4ccc([B]O)cc4)cc3s2)=N1. The molecule has 2 N–H and O–H groups in total. The van der Waals surface area contributed by atoms with Gasteiger partial charge in [0.05, 0.1) is 10.2 Å². The highest BCUT2D eigenvalue weighted by Gasteiger charge is 2.26. The number of aliphatic carboxylic acids is 1. The maximum Gasteiger partial charge on any atom is 0.329 e. The van der Waals surface area contributed by atoms with Crippen molar-refractivity contribution < 1.29 is 19.7 Å². The molecule has 1 aliphatic rings. The highest BCUT2D eigenvalue weighted by atomic mass is 32.2. The van der Waals surface area contributed by atoms with E-state index in [0.717, 1.165) is 39.5 Å². The Kier molecular flexibility index (Phi) is 5.15. The number of nitrogens with zero attached hydrogens (tertiary/aromatic N) is 2. The predicted octanol–water partition coefficient (Wildman–Crippen LogP) is 2.06. The molecule has 4 rings (SSSR count). The summed E-state index contributed by atoms with van der Waals surface area (Å²) in [5.41, 5.74) is 2.59. The van der Waals surface area contributed by atoms with Crippen molar-refractivity contribution >= 4 is 57.3 Å². The molecule has 1 aromatic heterocycles. The highest BCUT2D eigenvalue weighted by Crippen LogP contribution is 2.31. The number of thioether (sulfide) groups is 1. The normalized spacial score (nSPS) is 16.3. The largest absolute Gasteiger partial charge is 0.489 e. The first kappa shape index (κ1) is 18.0. The lowest BCUT2D eigenvalue weighted by Gasteiger charge is -2.06. The molecule has 2 heterocycles. The lowest BCUT2D eigenvalue weighted by Crippen LogP contribution is -2.17. The van der Waals surface area contributed by atoms with E-state index in [1.54, 1.807) is 0 Å². The third-order valence-corrected chi connectivity index (χ3v) is 6.22. The van der Waals surface area contributed by atoms with Crippen molar-refractivity contribution in [2.75, 3.05) is 5.75 Å². The zero-order valence-corrected chi connectivity index (χ0v) is 15.7. The van der Waals surface area contributed by atoms with Gasteiger partial charge >= 0.3 is 13.5 Å². The van der Waals surface area contributed by atoms with Crippen LogP contribution in [-0.4, -0.2) is 45.4 Å². The van der Waals surface area contributed by atoms with Crippen LogP contribution < -0.4 is 10.2 Å². The number of carboxylic acids is 1. The molecule has 1 aliphatic heterocycles. The molecule has 0 spiro atoms. The van der Waals surface area contributed by atoms with E-state index in [2.05, 4.69) is 9.98 Å². The van der Waals surface area contributed by atoms with Crippen molar-refractivity contribution in [1.82, 2.24) is 4.98 Å². The summed E-state index contributed by atoms with van der Waals surface area (Å²) in [5, 5.41) is 19.5. The molecule has 0 saturated carbocycles. The van der Waals surface area contributed by atoms with E-state index in [-0.39, 0.29) is 0 Å². The number of ether oxygens (including phenoxy) is 1. The fourth-order valence-electron chi connectivity index (χ4n) is 2.57. The number of fused-ring (bicyclic) bond motifs is 1. The molecule has 2 aromatic carbocycles. The molecule has 1 atom stereocenters. The second-order valence-corrected chi connectivity index (χ2v) is 7.95. The van der Waals surface area contributed by atoms with Gasteiger partial charge in [-0.05, 0) is 23.8 Å². The Morgan fingerprint density at radius 2 is 2.07 bits per heavy atom. The second-order valence-electron chi connectivity index (χ2n) is 5.91. The summed E-state index contributed by atoms with van der Waals surface area (Å²) in [7, 11) is 1.06. The highest BCUT2D eigenvalue weighted by molar-refractivity contribution is 8.15. The van der Waals surface area contributed by atoms with E-state index >= 15 is 0 Å². The number of rotatable bonds is 6. The summed E-state index contributed by atoms with van der Waals surface area (Å²) in [4.78, 5) is 19.9. The van der Waals surface area contributed by atoms with Gasteiger partial charge in [-0.2, -0.15) is 0 Å². The van der Waals surface area contributed by atoms with Gasteiger partial charge in [0.25, 0.3) is 0 Å². The van der Waals surface area contributed by atoms with Crippen molar-refractivity contribution in [3.63, 3.8) is 0 Å². The van der Waals surface area contributed by atoms with Gasteiger partial charge in [0.15, 0.2) is 6.04 Å². The van der Waals surface area contributed by atoms with Crippen LogP contribution in [0.25, 0.3) is 10.2 Å². The number of hydrogen-bond donors (Lipinski definition) is 2. The van der Waals surface area contributed by atoms with Crippen LogP contribution in [0.1, 0.15) is 10.6 Å². The molecule has 1 unspecified atom stereocenters. The third kappa shape index (κ3) is 4.00. The smallest absolute Gasteiger partial charge is 0.329 e. The van der Waals surface area contributed by atoms with Crippen LogP contribution in [0.2, 0.25) is 0 Å². The molecular weight excluding hydrogens is 383 g/mol. The number of benzene rings is 2. The van der Waals surface area contributed by atoms with Crippen molar-refractivity contribution in [2.24, 2.45) is 4.99 Å². The van der Waals surface area contributed by atoms with Gasteiger partial charge < -0.3 is 14.9 Å². The van der Waals surface area contributed by atoms with Crippen molar-refractivity contribution in [2.45, 2.75) is 12.6 Å².